The van der Waals surface area contributed by atoms with Crippen LogP contribution in [0.15, 0.2) is 36.5 Å². The fourth-order valence-corrected chi connectivity index (χ4v) is 8.93. The van der Waals surface area contributed by atoms with Gasteiger partial charge in [0.05, 0.1) is 22.8 Å². The number of allylic oxidation sites excluding steroid dienone is 1. The Labute approximate surface area is 304 Å². The first kappa shape index (κ1) is 35.9. The molecule has 14 nitrogen and oxygen atoms in total. The van der Waals surface area contributed by atoms with Gasteiger partial charge in [0.1, 0.15) is 35.2 Å². The molecule has 17 heteroatoms. The molecule has 0 spiro atoms. The first-order valence-corrected chi connectivity index (χ1v) is 19.9. The van der Waals surface area contributed by atoms with E-state index in [2.05, 4.69) is 30.3 Å². The van der Waals surface area contributed by atoms with Crippen LogP contribution < -0.4 is 20.1 Å². The van der Waals surface area contributed by atoms with Crippen molar-refractivity contribution in [3.05, 3.63) is 57.9 Å². The molecule has 3 fully saturated rings. The summed E-state index contributed by atoms with van der Waals surface area (Å²) in [4.78, 5) is 71.0. The van der Waals surface area contributed by atoms with E-state index in [9.17, 15) is 32.0 Å². The second kappa shape index (κ2) is 14.1. The van der Waals surface area contributed by atoms with Crippen LogP contribution in [0.4, 0.5) is 4.39 Å². The fourth-order valence-electron chi connectivity index (χ4n) is 6.90. The van der Waals surface area contributed by atoms with Crippen molar-refractivity contribution in [1.82, 2.24) is 35.2 Å². The van der Waals surface area contributed by atoms with E-state index in [4.69, 9.17) is 4.74 Å². The first-order valence-electron chi connectivity index (χ1n) is 17.5. The first-order chi connectivity index (χ1) is 24.8. The van der Waals surface area contributed by atoms with Gasteiger partial charge < -0.3 is 20.3 Å². The second-order valence-electron chi connectivity index (χ2n) is 14.0. The van der Waals surface area contributed by atoms with Crippen LogP contribution in [0.5, 0.6) is 5.88 Å². The molecule has 52 heavy (non-hydrogen) atoms. The summed E-state index contributed by atoms with van der Waals surface area (Å²) in [5, 5.41) is 5.25. The Bertz CT molecular complexity index is 2070. The van der Waals surface area contributed by atoms with Crippen LogP contribution in [0.25, 0.3) is 11.0 Å². The lowest BCUT2D eigenvalue weighted by atomic mass is 10.0. The van der Waals surface area contributed by atoms with Crippen molar-refractivity contribution in [2.24, 2.45) is 5.92 Å². The Balaban J connectivity index is 1.19. The summed E-state index contributed by atoms with van der Waals surface area (Å²) in [6.07, 6.45) is 8.82. The summed E-state index contributed by atoms with van der Waals surface area (Å²) >= 11 is 1.20. The van der Waals surface area contributed by atoms with E-state index >= 15 is 0 Å². The van der Waals surface area contributed by atoms with Gasteiger partial charge in [0.15, 0.2) is 5.01 Å². The highest BCUT2D eigenvalue weighted by atomic mass is 32.2. The molecule has 4 aliphatic rings. The number of amides is 4. The van der Waals surface area contributed by atoms with E-state index in [1.54, 1.807) is 13.1 Å². The van der Waals surface area contributed by atoms with Crippen molar-refractivity contribution in [3.63, 3.8) is 0 Å². The van der Waals surface area contributed by atoms with Gasteiger partial charge in [0, 0.05) is 29.5 Å². The number of nitrogens with one attached hydrogen (secondary N) is 3. The number of hydrogen-bond donors (Lipinski definition) is 3. The molecule has 5 atom stereocenters. The molecule has 3 aromatic rings. The van der Waals surface area contributed by atoms with Gasteiger partial charge in [-0.25, -0.2) is 27.8 Å². The van der Waals surface area contributed by atoms with Gasteiger partial charge in [0.25, 0.3) is 11.8 Å². The molecule has 2 saturated carbocycles. The molecule has 3 N–H and O–H groups in total. The molecule has 1 unspecified atom stereocenters. The summed E-state index contributed by atoms with van der Waals surface area (Å²) in [6, 6.07) is 1.88. The van der Waals surface area contributed by atoms with Gasteiger partial charge in [0.2, 0.25) is 27.7 Å². The SMILES string of the molecule is Cc1cnc(C(=O)N[C@H]2CCCCC/C=C\C3C[C@@]3(C(=O)NS(=O)(=O)C3CC3)NC(=O)[C@@H]3C[C@@H](Oc4nc5cc(F)ccc5nc4C)CN3C2=O)s1. The zero-order valence-corrected chi connectivity index (χ0v) is 30.4. The molecule has 7 rings (SSSR count). The zero-order chi connectivity index (χ0) is 36.8. The number of thiazole rings is 1. The molecule has 2 aliphatic heterocycles. The van der Waals surface area contributed by atoms with Crippen LogP contribution in [-0.2, 0) is 24.4 Å². The van der Waals surface area contributed by atoms with Gasteiger partial charge in [-0.15, -0.1) is 11.3 Å². The lowest BCUT2D eigenvalue weighted by molar-refractivity contribution is -0.141. The smallest absolute Gasteiger partial charge is 0.280 e. The van der Waals surface area contributed by atoms with E-state index in [1.807, 2.05) is 19.1 Å². The molecule has 2 aliphatic carbocycles. The van der Waals surface area contributed by atoms with Crippen LogP contribution in [0.1, 0.15) is 78.2 Å². The normalized spacial score (nSPS) is 27.4. The minimum atomic E-state index is -3.90. The Morgan fingerprint density at radius 1 is 1.10 bits per heavy atom. The highest BCUT2D eigenvalue weighted by Gasteiger charge is 2.62. The third-order valence-electron chi connectivity index (χ3n) is 10.00. The third-order valence-corrected chi connectivity index (χ3v) is 12.7. The van der Waals surface area contributed by atoms with Gasteiger partial charge in [-0.05, 0) is 64.5 Å². The fraction of sp³-hybridized carbons (Fsp3) is 0.514. The predicted molar refractivity (Wildman–Crippen MR) is 188 cm³/mol. The van der Waals surface area contributed by atoms with Crippen LogP contribution in [0.2, 0.25) is 0 Å². The number of benzene rings is 1. The van der Waals surface area contributed by atoms with Crippen molar-refractivity contribution in [2.75, 3.05) is 6.54 Å². The van der Waals surface area contributed by atoms with E-state index in [0.29, 0.717) is 43.3 Å². The quantitative estimate of drug-likeness (QED) is 0.303. The largest absolute Gasteiger partial charge is 0.471 e. The molecule has 1 saturated heterocycles. The van der Waals surface area contributed by atoms with Gasteiger partial charge in [-0.3, -0.25) is 23.9 Å². The monoisotopic (exact) mass is 753 g/mol. The Hall–Kier alpha value is -4.51. The number of nitrogens with zero attached hydrogens (tertiary/aromatic N) is 4. The summed E-state index contributed by atoms with van der Waals surface area (Å²) in [7, 11) is -3.90. The molecule has 4 heterocycles. The second-order valence-corrected chi connectivity index (χ2v) is 17.2. The number of halogens is 1. The number of sulfonamides is 1. The van der Waals surface area contributed by atoms with Crippen LogP contribution in [0.3, 0.4) is 0 Å². The van der Waals surface area contributed by atoms with E-state index in [1.165, 1.54) is 34.4 Å². The molecule has 276 valence electrons. The number of carbonyl (C=O) groups is 4. The summed E-state index contributed by atoms with van der Waals surface area (Å²) in [5.41, 5.74) is -0.369. The van der Waals surface area contributed by atoms with Gasteiger partial charge in [-0.1, -0.05) is 25.0 Å². The summed E-state index contributed by atoms with van der Waals surface area (Å²) < 4.78 is 48.1. The molecular weight excluding hydrogens is 714 g/mol. The summed E-state index contributed by atoms with van der Waals surface area (Å²) in [6.45, 7) is 3.44. The average molecular weight is 754 g/mol. The van der Waals surface area contributed by atoms with Crippen molar-refractivity contribution in [1.29, 1.82) is 0 Å². The van der Waals surface area contributed by atoms with Crippen molar-refractivity contribution >= 4 is 56.0 Å². The number of aryl methyl sites for hydroxylation is 2. The highest BCUT2D eigenvalue weighted by molar-refractivity contribution is 7.91. The van der Waals surface area contributed by atoms with Crippen molar-refractivity contribution < 1.29 is 36.7 Å². The lowest BCUT2D eigenvalue weighted by Crippen LogP contribution is -2.58. The van der Waals surface area contributed by atoms with Crippen molar-refractivity contribution in [2.45, 2.75) is 101 Å². The number of ether oxygens (including phenoxy) is 1. The minimum Gasteiger partial charge on any atom is -0.471 e. The lowest BCUT2D eigenvalue weighted by Gasteiger charge is -2.29. The number of hydrogen-bond acceptors (Lipinski definition) is 11. The van der Waals surface area contributed by atoms with E-state index in [0.717, 1.165) is 17.7 Å². The molecule has 4 amide bonds. The predicted octanol–water partition coefficient (Wildman–Crippen LogP) is 2.99. The maximum atomic E-state index is 14.5. The number of rotatable bonds is 7. The maximum Gasteiger partial charge on any atom is 0.280 e. The zero-order valence-electron chi connectivity index (χ0n) is 28.8. The number of fused-ring (bicyclic) bond motifs is 3. The van der Waals surface area contributed by atoms with Crippen LogP contribution in [0, 0.1) is 25.6 Å². The highest BCUT2D eigenvalue weighted by Crippen LogP contribution is 2.46. The molecular formula is C35H40FN7O7S2. The topological polar surface area (TPSA) is 190 Å². The van der Waals surface area contributed by atoms with Gasteiger partial charge in [-0.2, -0.15) is 0 Å². The van der Waals surface area contributed by atoms with Crippen LogP contribution >= 0.6 is 11.3 Å². The van der Waals surface area contributed by atoms with E-state index < -0.39 is 74.4 Å². The van der Waals surface area contributed by atoms with Crippen LogP contribution in [-0.4, -0.2) is 87.4 Å². The van der Waals surface area contributed by atoms with Crippen molar-refractivity contribution in [3.8, 4) is 5.88 Å². The minimum absolute atomic E-state index is 0.00913. The third kappa shape index (κ3) is 7.51. The van der Waals surface area contributed by atoms with E-state index in [-0.39, 0.29) is 35.8 Å². The Morgan fingerprint density at radius 3 is 2.65 bits per heavy atom. The maximum absolute atomic E-state index is 14.5. The molecule has 0 bridgehead atoms. The molecule has 0 radical (unpaired) electrons. The number of carbonyl (C=O) groups excluding carboxylic acids is 4. The molecule has 1 aromatic carbocycles. The molecule has 2 aromatic heterocycles. The summed E-state index contributed by atoms with van der Waals surface area (Å²) in [5.74, 6) is -3.32. The average Bonchev–Trinajstić information content (AvgIpc) is 3.98. The van der Waals surface area contributed by atoms with Gasteiger partial charge >= 0.3 is 0 Å². The Kier molecular flexibility index (Phi) is 9.75. The standard InChI is InChI=1S/C35H40FN7O7S2/c1-19-17-37-32(51-19)30(45)39-26-9-7-5-3-4-6-8-21-16-35(21,34(47)42-52(48,49)24-11-12-24)41-29(44)28-15-23(18-43(28)33(26)46)50-31-20(2)38-25-13-10-22(36)14-27(25)40-31/h6,8,10,13-14,17,21,23-24,26,28H,3-5,7,9,11-12,15-16,18H2,1-2H3,(H,39,45)(H,41,44)(H,42,47)/b8-6-/t21?,23-,26+,28+,35-/m1/s1. The Morgan fingerprint density at radius 2 is 1.90 bits per heavy atom. The number of aromatic nitrogens is 3.